The molecule has 0 aliphatic rings. The van der Waals surface area contributed by atoms with E-state index in [0.29, 0.717) is 17.0 Å². The number of halogens is 2. The summed E-state index contributed by atoms with van der Waals surface area (Å²) in [6.07, 6.45) is 1.67. The van der Waals surface area contributed by atoms with Crippen molar-refractivity contribution < 1.29 is 28.2 Å². The topological polar surface area (TPSA) is 112 Å². The number of imidazole rings is 1. The number of carbonyl (C=O) groups is 1. The lowest BCUT2D eigenvalue weighted by Gasteiger charge is -2.20. The quantitative estimate of drug-likeness (QED) is 0.427. The van der Waals surface area contributed by atoms with Crippen molar-refractivity contribution >= 4 is 11.6 Å². The van der Waals surface area contributed by atoms with Crippen LogP contribution in [0.4, 0.5) is 8.78 Å². The molecule has 4 rings (SSSR count). The molecular weight excluding hydrogens is 448 g/mol. The van der Waals surface area contributed by atoms with Crippen LogP contribution in [0.15, 0.2) is 36.5 Å². The molecule has 1 N–H and O–H groups in total. The number of pyridine rings is 1. The molecule has 4 aromatic rings. The number of methoxy groups -OCH3 is 1. The van der Waals surface area contributed by atoms with E-state index in [4.69, 9.17) is 9.47 Å². The van der Waals surface area contributed by atoms with Gasteiger partial charge in [0, 0.05) is 6.20 Å². The molecule has 176 valence electrons. The van der Waals surface area contributed by atoms with Crippen molar-refractivity contribution in [3.8, 4) is 23.1 Å². The number of aromatic nitrogens is 5. The molecule has 0 saturated carbocycles. The van der Waals surface area contributed by atoms with Gasteiger partial charge < -0.3 is 14.6 Å². The summed E-state index contributed by atoms with van der Waals surface area (Å²) in [4.78, 5) is 20.7. The van der Waals surface area contributed by atoms with Crippen molar-refractivity contribution in [3.63, 3.8) is 0 Å². The molecule has 0 unspecified atom stereocenters. The molecule has 1 aromatic carbocycles. The van der Waals surface area contributed by atoms with Gasteiger partial charge in [0.25, 0.3) is 0 Å². The monoisotopic (exact) mass is 469 g/mol. The third-order valence-electron chi connectivity index (χ3n) is 5.39. The highest BCUT2D eigenvalue weighted by Gasteiger charge is 2.37. The minimum absolute atomic E-state index is 0.0366. The van der Waals surface area contributed by atoms with Crippen molar-refractivity contribution in [3.05, 3.63) is 65.1 Å². The van der Waals surface area contributed by atoms with Crippen molar-refractivity contribution in [1.29, 1.82) is 0 Å². The molecule has 0 saturated heterocycles. The molecule has 3 aromatic heterocycles. The summed E-state index contributed by atoms with van der Waals surface area (Å²) in [6.45, 7) is 4.43. The first kappa shape index (κ1) is 23.0. The maximum atomic E-state index is 14.0. The maximum Gasteiger partial charge on any atom is 0.317 e. The van der Waals surface area contributed by atoms with Gasteiger partial charge in [-0.15, -0.1) is 10.2 Å². The van der Waals surface area contributed by atoms with E-state index in [1.165, 1.54) is 27.0 Å². The highest BCUT2D eigenvalue weighted by Crippen LogP contribution is 2.32. The number of nitrogens with zero attached hydrogens (tertiary/aromatic N) is 5. The van der Waals surface area contributed by atoms with Gasteiger partial charge in [-0.1, -0.05) is 6.07 Å². The molecule has 0 atom stereocenters. The van der Waals surface area contributed by atoms with Gasteiger partial charge in [-0.2, -0.15) is 4.98 Å². The Kier molecular flexibility index (Phi) is 5.86. The van der Waals surface area contributed by atoms with Crippen LogP contribution in [0.2, 0.25) is 0 Å². The van der Waals surface area contributed by atoms with Crippen molar-refractivity contribution in [1.82, 2.24) is 24.6 Å². The first-order valence-electron chi connectivity index (χ1n) is 10.2. The highest BCUT2D eigenvalue weighted by molar-refractivity contribution is 5.82. The minimum Gasteiger partial charge on any atom is -0.492 e. The first-order valence-corrected chi connectivity index (χ1v) is 10.2. The van der Waals surface area contributed by atoms with Gasteiger partial charge in [0.05, 0.1) is 18.4 Å². The summed E-state index contributed by atoms with van der Waals surface area (Å²) >= 11 is 0. The fraction of sp³-hybridized carbons (Fsp3) is 0.261. The smallest absolute Gasteiger partial charge is 0.317 e. The van der Waals surface area contributed by atoms with Crippen molar-refractivity contribution in [2.75, 3.05) is 7.11 Å². The van der Waals surface area contributed by atoms with Crippen LogP contribution in [0.5, 0.6) is 11.6 Å². The van der Waals surface area contributed by atoms with Crippen LogP contribution >= 0.6 is 0 Å². The van der Waals surface area contributed by atoms with Crippen LogP contribution in [-0.4, -0.2) is 42.8 Å². The lowest BCUT2D eigenvalue weighted by molar-refractivity contribution is -0.146. The molecule has 0 fully saturated rings. The number of aromatic hydroxyl groups is 1. The fourth-order valence-corrected chi connectivity index (χ4v) is 3.53. The summed E-state index contributed by atoms with van der Waals surface area (Å²) in [5.41, 5.74) is -0.236. The lowest BCUT2D eigenvalue weighted by Crippen LogP contribution is -2.32. The highest BCUT2D eigenvalue weighted by atomic mass is 19.1. The lowest BCUT2D eigenvalue weighted by atomic mass is 9.89. The van der Waals surface area contributed by atoms with E-state index in [1.807, 2.05) is 0 Å². The van der Waals surface area contributed by atoms with E-state index in [9.17, 15) is 18.7 Å². The zero-order valence-electron chi connectivity index (χ0n) is 18.8. The van der Waals surface area contributed by atoms with E-state index in [2.05, 4.69) is 20.2 Å². The zero-order valence-corrected chi connectivity index (χ0v) is 18.8. The van der Waals surface area contributed by atoms with E-state index < -0.39 is 28.9 Å². The van der Waals surface area contributed by atoms with Crippen LogP contribution in [0.3, 0.4) is 0 Å². The van der Waals surface area contributed by atoms with Crippen LogP contribution in [0.25, 0.3) is 17.2 Å². The summed E-state index contributed by atoms with van der Waals surface area (Å²) in [7, 11) is 1.23. The van der Waals surface area contributed by atoms with Crippen LogP contribution in [-0.2, 0) is 21.6 Å². The van der Waals surface area contributed by atoms with E-state index in [1.54, 1.807) is 29.7 Å². The van der Waals surface area contributed by atoms with Gasteiger partial charge in [-0.3, -0.25) is 9.20 Å². The summed E-state index contributed by atoms with van der Waals surface area (Å²) in [6, 6.07) is 6.86. The van der Waals surface area contributed by atoms with Gasteiger partial charge in [0.2, 0.25) is 11.7 Å². The Hall–Kier alpha value is -4.15. The Labute approximate surface area is 193 Å². The molecule has 0 spiro atoms. The third kappa shape index (κ3) is 3.89. The normalized spacial score (nSPS) is 11.6. The number of ether oxygens (including phenoxy) is 2. The number of rotatable bonds is 6. The summed E-state index contributed by atoms with van der Waals surface area (Å²) in [5.74, 6) is -2.17. The van der Waals surface area contributed by atoms with Gasteiger partial charge in [-0.25, -0.2) is 13.8 Å². The van der Waals surface area contributed by atoms with E-state index >= 15 is 0 Å². The van der Waals surface area contributed by atoms with E-state index in [-0.39, 0.29) is 29.4 Å². The molecule has 0 radical (unpaired) electrons. The van der Waals surface area contributed by atoms with Gasteiger partial charge in [0.1, 0.15) is 35.0 Å². The molecule has 34 heavy (non-hydrogen) atoms. The number of benzene rings is 1. The Morgan fingerprint density at radius 2 is 1.82 bits per heavy atom. The van der Waals surface area contributed by atoms with Gasteiger partial charge in [0.15, 0.2) is 11.4 Å². The van der Waals surface area contributed by atoms with Crippen molar-refractivity contribution in [2.45, 2.75) is 32.8 Å². The average Bonchev–Trinajstić information content (AvgIpc) is 3.14. The number of hydrogen-bond acceptors (Lipinski definition) is 8. The Morgan fingerprint density at radius 1 is 1.12 bits per heavy atom. The molecule has 11 heteroatoms. The molecule has 9 nitrogen and oxygen atoms in total. The zero-order chi connectivity index (χ0) is 24.6. The Balaban J connectivity index is 1.72. The first-order chi connectivity index (χ1) is 16.1. The van der Waals surface area contributed by atoms with Crippen molar-refractivity contribution in [2.24, 2.45) is 0 Å². The second-order valence-corrected chi connectivity index (χ2v) is 8.02. The maximum absolute atomic E-state index is 14.0. The summed E-state index contributed by atoms with van der Waals surface area (Å²) < 4.78 is 40.0. The fourth-order valence-electron chi connectivity index (χ4n) is 3.53. The minimum atomic E-state index is -1.27. The molecule has 3 heterocycles. The molecule has 0 aliphatic heterocycles. The second kappa shape index (κ2) is 8.65. The van der Waals surface area contributed by atoms with Gasteiger partial charge in [-0.05, 0) is 45.0 Å². The largest absolute Gasteiger partial charge is 0.492 e. The average molecular weight is 469 g/mol. The van der Waals surface area contributed by atoms with Crippen LogP contribution in [0.1, 0.15) is 30.8 Å². The number of carbonyl (C=O) groups excluding carboxylic acids is 1. The van der Waals surface area contributed by atoms with Gasteiger partial charge >= 0.3 is 5.97 Å². The number of esters is 1. The predicted molar refractivity (Wildman–Crippen MR) is 116 cm³/mol. The van der Waals surface area contributed by atoms with E-state index in [0.717, 1.165) is 12.1 Å². The third-order valence-corrected chi connectivity index (χ3v) is 5.39. The SMILES string of the molecule is COC(=O)C(C)(C)c1nnc(-c2c(C)nc3c(OCc4c(F)cccc4F)cccn23)nc1O. The van der Waals surface area contributed by atoms with Crippen LogP contribution in [0, 0.1) is 18.6 Å². The standard InChI is InChI=1S/C23H21F2N5O4/c1-12-17(19-27-21(31)18(28-29-19)23(2,3)22(32)33-4)30-10-6-9-16(20(30)26-12)34-11-13-14(24)7-5-8-15(13)25/h5-10H,11H2,1-4H3,(H,27,29,31). The summed E-state index contributed by atoms with van der Waals surface area (Å²) in [5, 5.41) is 18.6. The number of fused-ring (bicyclic) bond motifs is 1. The number of hydrogen-bond donors (Lipinski definition) is 1. The number of aryl methyl sites for hydroxylation is 1. The predicted octanol–water partition coefficient (Wildman–Crippen LogP) is 3.51. The Morgan fingerprint density at radius 3 is 2.47 bits per heavy atom. The second-order valence-electron chi connectivity index (χ2n) is 8.02. The molecule has 0 bridgehead atoms. The Bertz CT molecular complexity index is 1380. The molecule has 0 aliphatic carbocycles. The van der Waals surface area contributed by atoms with Crippen LogP contribution < -0.4 is 4.74 Å². The molecule has 0 amide bonds. The molecular formula is C23H21F2N5O4.